The zero-order valence-corrected chi connectivity index (χ0v) is 7.15. The average molecular weight is 185 g/mol. The lowest BCUT2D eigenvalue weighted by Crippen LogP contribution is -1.91. The van der Waals surface area contributed by atoms with Crippen LogP contribution in [0.15, 0.2) is 34.8 Å². The quantitative estimate of drug-likeness (QED) is 0.582. The van der Waals surface area contributed by atoms with Crippen LogP contribution in [0, 0.1) is 0 Å². The molecule has 1 nitrogen and oxygen atoms in total. The summed E-state index contributed by atoms with van der Waals surface area (Å²) in [5.74, 6) is 0. The molecule has 2 aliphatic rings. The molecule has 0 aromatic carbocycles. The number of halogens is 1. The third kappa shape index (κ3) is 1.17. The fourth-order valence-electron chi connectivity index (χ4n) is 1.14. The third-order valence-electron chi connectivity index (χ3n) is 1.65. The molecule has 0 fully saturated rings. The van der Waals surface area contributed by atoms with Crippen LogP contribution in [0.4, 0.5) is 0 Å². The van der Waals surface area contributed by atoms with Crippen LogP contribution < -0.4 is 0 Å². The molecule has 0 aromatic rings. The highest BCUT2D eigenvalue weighted by Crippen LogP contribution is 2.40. The molecule has 3 heteroatoms. The monoisotopic (exact) mass is 184 g/mol. The molecule has 0 spiro atoms. The largest absolute Gasteiger partial charge is 0.275 e. The molecule has 1 heterocycles. The van der Waals surface area contributed by atoms with Crippen molar-refractivity contribution in [1.29, 1.82) is 0 Å². The summed E-state index contributed by atoms with van der Waals surface area (Å²) in [4.78, 5) is 11.4. The Balaban J connectivity index is 2.27. The van der Waals surface area contributed by atoms with Crippen LogP contribution in [0.5, 0.6) is 0 Å². The van der Waals surface area contributed by atoms with Gasteiger partial charge in [0.1, 0.15) is 0 Å². The molecule has 0 radical (unpaired) electrons. The highest BCUT2D eigenvalue weighted by molar-refractivity contribution is 8.05. The molecule has 1 aliphatic heterocycles. The van der Waals surface area contributed by atoms with Crippen molar-refractivity contribution >= 4 is 28.6 Å². The Morgan fingerprint density at radius 1 is 1.64 bits per heavy atom. The lowest BCUT2D eigenvalue weighted by molar-refractivity contribution is -0.107. The lowest BCUT2D eigenvalue weighted by atomic mass is 10.2. The fraction of sp³-hybridized carbons (Fsp3) is 0.125. The minimum atomic E-state index is -0.348. The molecule has 0 aromatic heterocycles. The number of fused-ring (bicyclic) bond motifs is 1. The van der Waals surface area contributed by atoms with Crippen molar-refractivity contribution in [2.45, 2.75) is 5.25 Å². The van der Waals surface area contributed by atoms with Crippen LogP contribution in [-0.2, 0) is 4.79 Å². The van der Waals surface area contributed by atoms with Crippen molar-refractivity contribution in [3.05, 3.63) is 34.8 Å². The second kappa shape index (κ2) is 2.54. The highest BCUT2D eigenvalue weighted by Gasteiger charge is 2.25. The van der Waals surface area contributed by atoms with E-state index in [2.05, 4.69) is 6.08 Å². The first-order valence-electron chi connectivity index (χ1n) is 3.24. The number of carbonyl (C=O) groups is 1. The second-order valence-electron chi connectivity index (χ2n) is 2.37. The number of carbonyl (C=O) groups excluding carboxylic acids is 1. The predicted octanol–water partition coefficient (Wildman–Crippen LogP) is 2.25. The van der Waals surface area contributed by atoms with Crippen LogP contribution in [0.1, 0.15) is 0 Å². The summed E-state index contributed by atoms with van der Waals surface area (Å²) in [7, 11) is 0. The molecule has 0 saturated carbocycles. The van der Waals surface area contributed by atoms with Crippen LogP contribution >= 0.6 is 23.4 Å². The number of hydrogen-bond donors (Lipinski definition) is 0. The Bertz CT molecular complexity index is 301. The maximum Gasteiger partial charge on any atom is 0.258 e. The SMILES string of the molecule is O=C(Cl)C1=CC2=CC=CC2S1. The topological polar surface area (TPSA) is 17.1 Å². The lowest BCUT2D eigenvalue weighted by Gasteiger charge is -1.98. The van der Waals surface area contributed by atoms with Gasteiger partial charge in [0.05, 0.1) is 10.2 Å². The molecule has 0 amide bonds. The summed E-state index contributed by atoms with van der Waals surface area (Å²) >= 11 is 6.83. The summed E-state index contributed by atoms with van der Waals surface area (Å²) in [5, 5.41) is -0.00796. The predicted molar refractivity (Wildman–Crippen MR) is 47.5 cm³/mol. The molecule has 0 saturated heterocycles. The van der Waals surface area contributed by atoms with E-state index in [0.717, 1.165) is 0 Å². The van der Waals surface area contributed by atoms with E-state index in [-0.39, 0.29) is 5.24 Å². The molecule has 11 heavy (non-hydrogen) atoms. The van der Waals surface area contributed by atoms with Crippen molar-refractivity contribution in [3.8, 4) is 0 Å². The molecule has 0 N–H and O–H groups in total. The summed E-state index contributed by atoms with van der Waals surface area (Å²) in [6, 6.07) is 0. The Hall–Kier alpha value is -0.470. The van der Waals surface area contributed by atoms with E-state index in [0.29, 0.717) is 10.2 Å². The van der Waals surface area contributed by atoms with Crippen molar-refractivity contribution in [1.82, 2.24) is 0 Å². The van der Waals surface area contributed by atoms with Gasteiger partial charge in [-0.1, -0.05) is 18.2 Å². The summed E-state index contributed by atoms with van der Waals surface area (Å²) in [5.41, 5.74) is 1.18. The molecule has 1 unspecified atom stereocenters. The Kier molecular flexibility index (Phi) is 1.66. The number of thioether (sulfide) groups is 1. The zero-order valence-electron chi connectivity index (χ0n) is 5.58. The van der Waals surface area contributed by atoms with Gasteiger partial charge in [0.25, 0.3) is 5.24 Å². The van der Waals surface area contributed by atoms with Gasteiger partial charge in [-0.25, -0.2) is 0 Å². The molecule has 56 valence electrons. The third-order valence-corrected chi connectivity index (χ3v) is 3.20. The summed E-state index contributed by atoms with van der Waals surface area (Å²) in [6.07, 6.45) is 7.91. The Morgan fingerprint density at radius 3 is 3.09 bits per heavy atom. The van der Waals surface area contributed by atoms with Crippen molar-refractivity contribution in [2.24, 2.45) is 0 Å². The van der Waals surface area contributed by atoms with Gasteiger partial charge >= 0.3 is 0 Å². The first-order chi connectivity index (χ1) is 5.27. The van der Waals surface area contributed by atoms with Crippen LogP contribution in [0.2, 0.25) is 0 Å². The molecule has 1 aliphatic carbocycles. The van der Waals surface area contributed by atoms with Gasteiger partial charge < -0.3 is 0 Å². The van der Waals surface area contributed by atoms with Crippen LogP contribution in [-0.4, -0.2) is 10.5 Å². The zero-order chi connectivity index (χ0) is 7.84. The highest BCUT2D eigenvalue weighted by atomic mass is 35.5. The minimum absolute atomic E-state index is 0.340. The van der Waals surface area contributed by atoms with E-state index < -0.39 is 0 Å². The van der Waals surface area contributed by atoms with E-state index in [1.807, 2.05) is 18.2 Å². The van der Waals surface area contributed by atoms with Crippen molar-refractivity contribution < 1.29 is 4.79 Å². The van der Waals surface area contributed by atoms with Crippen molar-refractivity contribution in [2.75, 3.05) is 0 Å². The van der Waals surface area contributed by atoms with Gasteiger partial charge in [-0.2, -0.15) is 0 Å². The molecule has 2 rings (SSSR count). The van der Waals surface area contributed by atoms with E-state index in [1.165, 1.54) is 17.3 Å². The van der Waals surface area contributed by atoms with Gasteiger partial charge in [-0.3, -0.25) is 4.79 Å². The second-order valence-corrected chi connectivity index (χ2v) is 3.90. The first-order valence-corrected chi connectivity index (χ1v) is 4.50. The smallest absolute Gasteiger partial charge is 0.258 e. The van der Waals surface area contributed by atoms with Gasteiger partial charge in [-0.05, 0) is 23.3 Å². The van der Waals surface area contributed by atoms with Gasteiger partial charge in [0.15, 0.2) is 0 Å². The van der Waals surface area contributed by atoms with E-state index in [4.69, 9.17) is 11.6 Å². The van der Waals surface area contributed by atoms with E-state index in [1.54, 1.807) is 0 Å². The standard InChI is InChI=1S/C8H5ClOS/c9-8(10)7-4-5-2-1-3-6(5)11-7/h1-4,6H. The number of rotatable bonds is 1. The molecule has 0 bridgehead atoms. The Morgan fingerprint density at radius 2 is 2.45 bits per heavy atom. The number of allylic oxidation sites excluding steroid dienone is 4. The fourth-order valence-corrected chi connectivity index (χ4v) is 2.35. The normalized spacial score (nSPS) is 26.5. The minimum Gasteiger partial charge on any atom is -0.275 e. The Labute approximate surface area is 73.8 Å². The number of hydrogen-bond acceptors (Lipinski definition) is 2. The molecular formula is C8H5ClOS. The van der Waals surface area contributed by atoms with Crippen molar-refractivity contribution in [3.63, 3.8) is 0 Å². The summed E-state index contributed by atoms with van der Waals surface area (Å²) < 4.78 is 0. The van der Waals surface area contributed by atoms with Crippen LogP contribution in [0.3, 0.4) is 0 Å². The maximum atomic E-state index is 10.7. The average Bonchev–Trinajstić information content (AvgIpc) is 2.40. The van der Waals surface area contributed by atoms with Crippen LogP contribution in [0.25, 0.3) is 0 Å². The van der Waals surface area contributed by atoms with E-state index in [9.17, 15) is 4.79 Å². The first kappa shape index (κ1) is 7.19. The van der Waals surface area contributed by atoms with Gasteiger partial charge in [-0.15, -0.1) is 11.8 Å². The van der Waals surface area contributed by atoms with Gasteiger partial charge in [0, 0.05) is 0 Å². The summed E-state index contributed by atoms with van der Waals surface area (Å²) in [6.45, 7) is 0. The molecular weight excluding hydrogens is 180 g/mol. The molecule has 1 atom stereocenters. The van der Waals surface area contributed by atoms with E-state index >= 15 is 0 Å². The maximum absolute atomic E-state index is 10.7. The van der Waals surface area contributed by atoms with Gasteiger partial charge in [0.2, 0.25) is 0 Å².